The number of hydrogen-bond acceptors (Lipinski definition) is 4. The highest BCUT2D eigenvalue weighted by molar-refractivity contribution is 5.86. The fraction of sp³-hybridized carbons (Fsp3) is 0.417. The molecule has 0 unspecified atom stereocenters. The molecule has 1 aliphatic carbocycles. The van der Waals surface area contributed by atoms with E-state index < -0.39 is 0 Å². The molecule has 0 radical (unpaired) electrons. The summed E-state index contributed by atoms with van der Waals surface area (Å²) in [5.41, 5.74) is 1.19. The van der Waals surface area contributed by atoms with Gasteiger partial charge >= 0.3 is 5.97 Å². The van der Waals surface area contributed by atoms with E-state index in [0.717, 1.165) is 0 Å². The first kappa shape index (κ1) is 10.8. The fourth-order valence-corrected chi connectivity index (χ4v) is 1.39. The Kier molecular flexibility index (Phi) is 3.29. The smallest absolute Gasteiger partial charge is 0.330 e. The Balaban J connectivity index is 1.96. The van der Waals surface area contributed by atoms with E-state index in [9.17, 15) is 4.79 Å². The highest BCUT2D eigenvalue weighted by Crippen LogP contribution is 2.39. The van der Waals surface area contributed by atoms with Crippen LogP contribution >= 0.6 is 0 Å². The highest BCUT2D eigenvalue weighted by Gasteiger charge is 2.23. The normalized spacial score (nSPS) is 15.3. The van der Waals surface area contributed by atoms with Gasteiger partial charge in [-0.3, -0.25) is 0 Å². The van der Waals surface area contributed by atoms with Gasteiger partial charge in [0, 0.05) is 18.5 Å². The van der Waals surface area contributed by atoms with E-state index in [-0.39, 0.29) is 5.97 Å². The number of nitrogens with zero attached hydrogens (tertiary/aromatic N) is 2. The zero-order valence-electron chi connectivity index (χ0n) is 9.22. The Morgan fingerprint density at radius 2 is 2.19 bits per heavy atom. The molecule has 0 saturated heterocycles. The Hall–Kier alpha value is -1.71. The maximum absolute atomic E-state index is 11.0. The summed E-state index contributed by atoms with van der Waals surface area (Å²) in [6.07, 6.45) is 9.04. The molecule has 0 N–H and O–H groups in total. The van der Waals surface area contributed by atoms with Crippen molar-refractivity contribution in [2.75, 3.05) is 6.61 Å². The van der Waals surface area contributed by atoms with E-state index in [1.165, 1.54) is 24.5 Å². The summed E-state index contributed by atoms with van der Waals surface area (Å²) in [6.45, 7) is 2.15. The molecule has 84 valence electrons. The van der Waals surface area contributed by atoms with E-state index >= 15 is 0 Å². The average molecular weight is 218 g/mol. The van der Waals surface area contributed by atoms with Gasteiger partial charge in [-0.25, -0.2) is 14.8 Å². The van der Waals surface area contributed by atoms with Gasteiger partial charge in [0.2, 0.25) is 0 Å². The molecule has 1 aromatic heterocycles. The third kappa shape index (κ3) is 2.89. The van der Waals surface area contributed by atoms with Crippen LogP contribution in [0.3, 0.4) is 0 Å². The van der Waals surface area contributed by atoms with Crippen LogP contribution in [0.5, 0.6) is 0 Å². The van der Waals surface area contributed by atoms with Gasteiger partial charge < -0.3 is 4.74 Å². The number of hydrogen-bond donors (Lipinski definition) is 0. The molecule has 4 nitrogen and oxygen atoms in total. The van der Waals surface area contributed by atoms with E-state index in [2.05, 4.69) is 9.97 Å². The van der Waals surface area contributed by atoms with Crippen molar-refractivity contribution in [2.24, 2.45) is 0 Å². The topological polar surface area (TPSA) is 52.1 Å². The summed E-state index contributed by atoms with van der Waals surface area (Å²) >= 11 is 0. The van der Waals surface area contributed by atoms with Crippen LogP contribution in [0.15, 0.2) is 18.5 Å². The molecule has 1 aromatic rings. The summed E-state index contributed by atoms with van der Waals surface area (Å²) in [4.78, 5) is 19.4. The van der Waals surface area contributed by atoms with Crippen LogP contribution in [-0.2, 0) is 9.53 Å². The van der Waals surface area contributed by atoms with Gasteiger partial charge in [-0.15, -0.1) is 0 Å². The zero-order chi connectivity index (χ0) is 11.4. The average Bonchev–Trinajstić information content (AvgIpc) is 3.11. The second-order valence-electron chi connectivity index (χ2n) is 3.73. The first-order valence-corrected chi connectivity index (χ1v) is 5.46. The zero-order valence-corrected chi connectivity index (χ0v) is 9.22. The largest absolute Gasteiger partial charge is 0.463 e. The lowest BCUT2D eigenvalue weighted by Crippen LogP contribution is -1.99. The lowest BCUT2D eigenvalue weighted by molar-refractivity contribution is -0.137. The third-order valence-electron chi connectivity index (χ3n) is 2.40. The minimum Gasteiger partial charge on any atom is -0.463 e. The molecular weight excluding hydrogens is 204 g/mol. The van der Waals surface area contributed by atoms with Gasteiger partial charge in [-0.2, -0.15) is 0 Å². The Bertz CT molecular complexity index is 394. The molecule has 1 aliphatic rings. The van der Waals surface area contributed by atoms with E-state index in [1.54, 1.807) is 13.0 Å². The quantitative estimate of drug-likeness (QED) is 0.572. The molecule has 0 amide bonds. The van der Waals surface area contributed by atoms with Gasteiger partial charge in [-0.1, -0.05) is 0 Å². The summed E-state index contributed by atoms with van der Waals surface area (Å²) in [6, 6.07) is 0. The van der Waals surface area contributed by atoms with Crippen LogP contribution in [0.2, 0.25) is 0 Å². The van der Waals surface area contributed by atoms with Crippen LogP contribution < -0.4 is 0 Å². The van der Waals surface area contributed by atoms with Crippen molar-refractivity contribution in [1.82, 2.24) is 9.97 Å². The molecule has 1 heterocycles. The SMILES string of the molecule is CCOC(=O)C=Cc1ncc(C2CC2)cn1. The van der Waals surface area contributed by atoms with Crippen LogP contribution in [0.25, 0.3) is 6.08 Å². The van der Waals surface area contributed by atoms with E-state index in [0.29, 0.717) is 18.3 Å². The second kappa shape index (κ2) is 4.88. The standard InChI is InChI=1S/C12H14N2O2/c1-2-16-12(15)6-5-11-13-7-10(8-14-11)9-3-4-9/h5-9H,2-4H2,1H3. The molecule has 0 aliphatic heterocycles. The Labute approximate surface area is 94.4 Å². The molecule has 4 heteroatoms. The first-order valence-electron chi connectivity index (χ1n) is 5.46. The summed E-state index contributed by atoms with van der Waals surface area (Å²) in [5.74, 6) is 0.831. The van der Waals surface area contributed by atoms with Crippen LogP contribution in [-0.4, -0.2) is 22.5 Å². The van der Waals surface area contributed by atoms with Crippen LogP contribution in [0.1, 0.15) is 37.1 Å². The summed E-state index contributed by atoms with van der Waals surface area (Å²) in [7, 11) is 0. The number of esters is 1. The molecule has 0 aromatic carbocycles. The first-order chi connectivity index (χ1) is 7.79. The molecular formula is C12H14N2O2. The van der Waals surface area contributed by atoms with Gasteiger partial charge in [-0.05, 0) is 37.3 Å². The lowest BCUT2D eigenvalue weighted by atomic mass is 10.2. The molecule has 0 spiro atoms. The number of ether oxygens (including phenoxy) is 1. The molecule has 1 saturated carbocycles. The van der Waals surface area contributed by atoms with E-state index in [4.69, 9.17) is 4.74 Å². The van der Waals surface area contributed by atoms with Gasteiger partial charge in [0.15, 0.2) is 5.82 Å². The van der Waals surface area contributed by atoms with Gasteiger partial charge in [0.25, 0.3) is 0 Å². The Morgan fingerprint density at radius 1 is 1.50 bits per heavy atom. The molecule has 16 heavy (non-hydrogen) atoms. The minimum absolute atomic E-state index is 0.364. The fourth-order valence-electron chi connectivity index (χ4n) is 1.39. The predicted molar refractivity (Wildman–Crippen MR) is 59.7 cm³/mol. The highest BCUT2D eigenvalue weighted by atomic mass is 16.5. The van der Waals surface area contributed by atoms with Gasteiger partial charge in [0.05, 0.1) is 6.61 Å². The molecule has 0 atom stereocenters. The van der Waals surface area contributed by atoms with Crippen LogP contribution in [0.4, 0.5) is 0 Å². The van der Waals surface area contributed by atoms with Crippen molar-refractivity contribution in [3.8, 4) is 0 Å². The number of carbonyl (C=O) groups excluding carboxylic acids is 1. The van der Waals surface area contributed by atoms with Gasteiger partial charge in [0.1, 0.15) is 0 Å². The maximum atomic E-state index is 11.0. The van der Waals surface area contributed by atoms with Crippen molar-refractivity contribution in [3.63, 3.8) is 0 Å². The van der Waals surface area contributed by atoms with Crippen molar-refractivity contribution in [3.05, 3.63) is 29.9 Å². The third-order valence-corrected chi connectivity index (χ3v) is 2.40. The molecule has 2 rings (SSSR count). The number of carbonyl (C=O) groups is 1. The Morgan fingerprint density at radius 3 is 2.75 bits per heavy atom. The monoisotopic (exact) mass is 218 g/mol. The summed E-state index contributed by atoms with van der Waals surface area (Å²) < 4.78 is 4.75. The van der Waals surface area contributed by atoms with Crippen molar-refractivity contribution in [2.45, 2.75) is 25.7 Å². The molecule has 1 fully saturated rings. The molecule has 0 bridgehead atoms. The second-order valence-corrected chi connectivity index (χ2v) is 3.73. The minimum atomic E-state index is -0.364. The van der Waals surface area contributed by atoms with Crippen molar-refractivity contribution >= 4 is 12.0 Å². The number of aromatic nitrogens is 2. The predicted octanol–water partition coefficient (Wildman–Crippen LogP) is 1.93. The number of rotatable bonds is 4. The van der Waals surface area contributed by atoms with Crippen molar-refractivity contribution in [1.29, 1.82) is 0 Å². The lowest BCUT2D eigenvalue weighted by Gasteiger charge is -1.97. The summed E-state index contributed by atoms with van der Waals surface area (Å²) in [5, 5.41) is 0. The van der Waals surface area contributed by atoms with Crippen LogP contribution in [0, 0.1) is 0 Å². The van der Waals surface area contributed by atoms with E-state index in [1.807, 2.05) is 12.4 Å². The maximum Gasteiger partial charge on any atom is 0.330 e. The van der Waals surface area contributed by atoms with Crippen molar-refractivity contribution < 1.29 is 9.53 Å².